The Morgan fingerprint density at radius 3 is 2.00 bits per heavy atom. The third-order valence-corrected chi connectivity index (χ3v) is 3.94. The van der Waals surface area contributed by atoms with Crippen LogP contribution in [0.15, 0.2) is 0 Å². The molecule has 0 amide bonds. The van der Waals surface area contributed by atoms with E-state index in [2.05, 4.69) is 32.8 Å². The average molecular weight is 271 g/mol. The van der Waals surface area contributed by atoms with E-state index < -0.39 is 0 Å². The van der Waals surface area contributed by atoms with Crippen LogP contribution in [-0.4, -0.2) is 39.3 Å². The van der Waals surface area contributed by atoms with Gasteiger partial charge in [0.25, 0.3) is 0 Å². The van der Waals surface area contributed by atoms with Crippen molar-refractivity contribution >= 4 is 0 Å². The first-order chi connectivity index (χ1) is 9.10. The van der Waals surface area contributed by atoms with Gasteiger partial charge in [0.1, 0.15) is 0 Å². The van der Waals surface area contributed by atoms with Crippen molar-refractivity contribution in [3.05, 3.63) is 0 Å². The van der Waals surface area contributed by atoms with E-state index in [-0.39, 0.29) is 0 Å². The van der Waals surface area contributed by atoms with Gasteiger partial charge >= 0.3 is 0 Å². The molecule has 0 spiro atoms. The topological polar surface area (TPSA) is 12.5 Å². The van der Waals surface area contributed by atoms with Crippen molar-refractivity contribution in [3.63, 3.8) is 0 Å². The summed E-state index contributed by atoms with van der Waals surface area (Å²) in [5.41, 5.74) is 0.373. The number of nitrogens with zero attached hydrogens (tertiary/aromatic N) is 1. The highest BCUT2D eigenvalue weighted by Gasteiger charge is 2.29. The molecule has 116 valence electrons. The van der Waals surface area contributed by atoms with Gasteiger partial charge in [-0.25, -0.2) is 0 Å². The van der Waals surface area contributed by atoms with Crippen LogP contribution in [0.3, 0.4) is 0 Å². The fourth-order valence-corrected chi connectivity index (χ4v) is 3.26. The molecule has 0 heterocycles. The highest BCUT2D eigenvalue weighted by Crippen LogP contribution is 2.32. The van der Waals surface area contributed by atoms with Crippen molar-refractivity contribution in [1.82, 2.24) is 4.90 Å². The fraction of sp³-hybridized carbons (Fsp3) is 1.00. The van der Waals surface area contributed by atoms with Crippen molar-refractivity contribution in [3.8, 4) is 0 Å². The first-order valence-corrected chi connectivity index (χ1v) is 8.24. The second kappa shape index (κ2) is 11.7. The maximum Gasteiger partial charge on any atom is 0.0530 e. The van der Waals surface area contributed by atoms with Gasteiger partial charge in [0, 0.05) is 19.1 Å². The van der Waals surface area contributed by atoms with E-state index in [0.29, 0.717) is 5.41 Å². The van der Waals surface area contributed by atoms with Gasteiger partial charge in [-0.2, -0.15) is 0 Å². The molecule has 0 rings (SSSR count). The summed E-state index contributed by atoms with van der Waals surface area (Å²) in [4.78, 5) is 2.33. The molecule has 0 saturated heterocycles. The highest BCUT2D eigenvalue weighted by molar-refractivity contribution is 4.81. The first kappa shape index (κ1) is 18.9. The van der Waals surface area contributed by atoms with Gasteiger partial charge in [0.15, 0.2) is 0 Å². The zero-order valence-corrected chi connectivity index (χ0v) is 14.1. The van der Waals surface area contributed by atoms with Gasteiger partial charge in [0.2, 0.25) is 0 Å². The highest BCUT2D eigenvalue weighted by atomic mass is 16.5. The van der Waals surface area contributed by atoms with Gasteiger partial charge in [-0.15, -0.1) is 0 Å². The molecule has 0 fully saturated rings. The van der Waals surface area contributed by atoms with Gasteiger partial charge in [-0.3, -0.25) is 0 Å². The minimum atomic E-state index is 0.373. The smallest absolute Gasteiger partial charge is 0.0530 e. The minimum absolute atomic E-state index is 0.373. The molecule has 0 N–H and O–H groups in total. The number of methoxy groups -OCH3 is 1. The molecular weight excluding hydrogens is 234 g/mol. The molecule has 0 aromatic carbocycles. The van der Waals surface area contributed by atoms with Crippen LogP contribution >= 0.6 is 0 Å². The lowest BCUT2D eigenvalue weighted by atomic mass is 9.78. The van der Waals surface area contributed by atoms with E-state index in [1.54, 1.807) is 0 Å². The molecule has 1 unspecified atom stereocenters. The van der Waals surface area contributed by atoms with Gasteiger partial charge in [-0.1, -0.05) is 58.8 Å². The molecule has 19 heavy (non-hydrogen) atoms. The second-order valence-electron chi connectivity index (χ2n) is 6.44. The lowest BCUT2D eigenvalue weighted by Gasteiger charge is -2.35. The largest absolute Gasteiger partial charge is 0.384 e. The van der Waals surface area contributed by atoms with Crippen LogP contribution in [0.1, 0.15) is 71.6 Å². The van der Waals surface area contributed by atoms with Crippen molar-refractivity contribution in [2.24, 2.45) is 5.41 Å². The van der Waals surface area contributed by atoms with Crippen LogP contribution in [0.25, 0.3) is 0 Å². The van der Waals surface area contributed by atoms with Gasteiger partial charge < -0.3 is 9.64 Å². The Morgan fingerprint density at radius 1 is 0.842 bits per heavy atom. The maximum atomic E-state index is 5.53. The van der Waals surface area contributed by atoms with Gasteiger partial charge in [-0.05, 0) is 26.9 Å². The molecule has 0 aliphatic rings. The van der Waals surface area contributed by atoms with Crippen LogP contribution in [0.2, 0.25) is 0 Å². The molecular formula is C17H37NO. The summed E-state index contributed by atoms with van der Waals surface area (Å²) in [6.45, 7) is 6.64. The fourth-order valence-electron chi connectivity index (χ4n) is 3.26. The molecule has 1 atom stereocenters. The standard InChI is InChI=1S/C17H37NO/c1-6-8-9-10-11-12-14-17(13-7-2,16-19-5)15-18(3)4/h6-16H2,1-5H3. The van der Waals surface area contributed by atoms with E-state index in [1.165, 1.54) is 57.8 Å². The SMILES string of the molecule is CCCCCCCCC(CCC)(COC)CN(C)C. The molecule has 0 aromatic rings. The Hall–Kier alpha value is -0.0800. The number of hydrogen-bond donors (Lipinski definition) is 0. The van der Waals surface area contributed by atoms with E-state index in [9.17, 15) is 0 Å². The normalized spacial score (nSPS) is 14.8. The summed E-state index contributed by atoms with van der Waals surface area (Å²) in [6, 6.07) is 0. The third kappa shape index (κ3) is 9.45. The van der Waals surface area contributed by atoms with Crippen LogP contribution < -0.4 is 0 Å². The summed E-state index contributed by atoms with van der Waals surface area (Å²) in [6.07, 6.45) is 12.2. The Balaban J connectivity index is 4.15. The summed E-state index contributed by atoms with van der Waals surface area (Å²) < 4.78 is 5.53. The van der Waals surface area contributed by atoms with Crippen molar-refractivity contribution in [1.29, 1.82) is 0 Å². The van der Waals surface area contributed by atoms with Crippen LogP contribution in [0, 0.1) is 5.41 Å². The van der Waals surface area contributed by atoms with E-state index in [1.807, 2.05) is 7.11 Å². The Kier molecular flexibility index (Phi) is 11.7. The molecule has 0 aliphatic heterocycles. The van der Waals surface area contributed by atoms with E-state index in [4.69, 9.17) is 4.74 Å². The van der Waals surface area contributed by atoms with Crippen molar-refractivity contribution in [2.45, 2.75) is 71.6 Å². The maximum absolute atomic E-state index is 5.53. The third-order valence-electron chi connectivity index (χ3n) is 3.94. The molecule has 0 saturated carbocycles. The minimum Gasteiger partial charge on any atom is -0.384 e. The van der Waals surface area contributed by atoms with Crippen molar-refractivity contribution < 1.29 is 4.74 Å². The van der Waals surface area contributed by atoms with Crippen molar-refractivity contribution in [2.75, 3.05) is 34.4 Å². The van der Waals surface area contributed by atoms with Crippen LogP contribution in [-0.2, 0) is 4.74 Å². The van der Waals surface area contributed by atoms with Crippen LogP contribution in [0.4, 0.5) is 0 Å². The molecule has 0 bridgehead atoms. The zero-order chi connectivity index (χ0) is 14.6. The number of rotatable bonds is 13. The van der Waals surface area contributed by atoms with E-state index in [0.717, 1.165) is 13.2 Å². The lowest BCUT2D eigenvalue weighted by Crippen LogP contribution is -2.37. The number of hydrogen-bond acceptors (Lipinski definition) is 2. The molecule has 2 heteroatoms. The van der Waals surface area contributed by atoms with E-state index >= 15 is 0 Å². The average Bonchev–Trinajstić information content (AvgIpc) is 2.33. The number of unbranched alkanes of at least 4 members (excludes halogenated alkanes) is 5. The van der Waals surface area contributed by atoms with Crippen LogP contribution in [0.5, 0.6) is 0 Å². The monoisotopic (exact) mass is 271 g/mol. The predicted molar refractivity (Wildman–Crippen MR) is 85.8 cm³/mol. The Labute approximate surface area is 121 Å². The lowest BCUT2D eigenvalue weighted by molar-refractivity contribution is 0.0410. The Bertz CT molecular complexity index is 186. The molecule has 0 aliphatic carbocycles. The summed E-state index contributed by atoms with van der Waals surface area (Å²) in [5, 5.41) is 0. The quantitative estimate of drug-likeness (QED) is 0.449. The van der Waals surface area contributed by atoms with Gasteiger partial charge in [0.05, 0.1) is 6.61 Å². The molecule has 0 radical (unpaired) electrons. The summed E-state index contributed by atoms with van der Waals surface area (Å²) in [5.74, 6) is 0. The number of ether oxygens (including phenoxy) is 1. The molecule has 0 aromatic heterocycles. The summed E-state index contributed by atoms with van der Waals surface area (Å²) in [7, 11) is 6.21. The molecule has 2 nitrogen and oxygen atoms in total. The first-order valence-electron chi connectivity index (χ1n) is 8.24. The Morgan fingerprint density at radius 2 is 1.47 bits per heavy atom. The zero-order valence-electron chi connectivity index (χ0n) is 14.1. The summed E-state index contributed by atoms with van der Waals surface area (Å²) >= 11 is 0. The predicted octanol–water partition coefficient (Wildman–Crippen LogP) is 4.73. The second-order valence-corrected chi connectivity index (χ2v) is 6.44.